The zero-order valence-electron chi connectivity index (χ0n) is 11.7. The summed E-state index contributed by atoms with van der Waals surface area (Å²) >= 11 is 0. The number of aromatic nitrogens is 2. The number of hydrogen-bond acceptors (Lipinski definition) is 2. The van der Waals surface area contributed by atoms with E-state index >= 15 is 0 Å². The van der Waals surface area contributed by atoms with Crippen LogP contribution in [0.2, 0.25) is 0 Å². The molecule has 1 aromatic heterocycles. The summed E-state index contributed by atoms with van der Waals surface area (Å²) in [6, 6.07) is 5.85. The van der Waals surface area contributed by atoms with Crippen LogP contribution in [0.4, 0.5) is 0 Å². The molecular formula is C16H20N2O2. The minimum Gasteiger partial charge on any atom is -0.478 e. The number of carboxylic acids is 1. The van der Waals surface area contributed by atoms with Crippen LogP contribution in [0.5, 0.6) is 0 Å². The number of fused-ring (bicyclic) bond motifs is 1. The molecule has 0 spiro atoms. The number of carbonyl (C=O) groups is 1. The molecule has 20 heavy (non-hydrogen) atoms. The molecule has 1 N–H and O–H groups in total. The van der Waals surface area contributed by atoms with E-state index in [2.05, 4.69) is 16.5 Å². The van der Waals surface area contributed by atoms with Gasteiger partial charge in [-0.05, 0) is 30.9 Å². The van der Waals surface area contributed by atoms with Crippen LogP contribution in [-0.2, 0) is 0 Å². The Morgan fingerprint density at radius 3 is 2.90 bits per heavy atom. The number of hydrogen-bond donors (Lipinski definition) is 1. The standard InChI is InChI=1S/C16H20N2O2/c1-11-6-3-2-4-8-13(11)18-10-17-15-12(16(19)20)7-5-9-14(15)18/h5,7,9-11,13H,2-4,6,8H2,1H3,(H,19,20). The zero-order valence-corrected chi connectivity index (χ0v) is 11.7. The van der Waals surface area contributed by atoms with E-state index < -0.39 is 5.97 Å². The van der Waals surface area contributed by atoms with Crippen LogP contribution in [0.3, 0.4) is 0 Å². The maximum absolute atomic E-state index is 11.3. The minimum atomic E-state index is -0.908. The summed E-state index contributed by atoms with van der Waals surface area (Å²) in [7, 11) is 0. The van der Waals surface area contributed by atoms with Crippen molar-refractivity contribution in [1.29, 1.82) is 0 Å². The van der Waals surface area contributed by atoms with Gasteiger partial charge in [-0.15, -0.1) is 0 Å². The highest BCUT2D eigenvalue weighted by Crippen LogP contribution is 2.34. The van der Waals surface area contributed by atoms with Crippen LogP contribution in [0, 0.1) is 5.92 Å². The third-order valence-corrected chi connectivity index (χ3v) is 4.51. The Hall–Kier alpha value is -1.84. The van der Waals surface area contributed by atoms with E-state index in [9.17, 15) is 9.90 Å². The van der Waals surface area contributed by atoms with E-state index in [4.69, 9.17) is 0 Å². The van der Waals surface area contributed by atoms with E-state index in [1.54, 1.807) is 6.07 Å². The molecular weight excluding hydrogens is 252 g/mol. The monoisotopic (exact) mass is 272 g/mol. The Kier molecular flexibility index (Phi) is 3.47. The second-order valence-corrected chi connectivity index (χ2v) is 5.81. The average molecular weight is 272 g/mol. The fraction of sp³-hybridized carbons (Fsp3) is 0.500. The van der Waals surface area contributed by atoms with Crippen LogP contribution in [0.1, 0.15) is 55.4 Å². The molecule has 2 atom stereocenters. The number of aromatic carboxylic acids is 1. The second-order valence-electron chi connectivity index (χ2n) is 5.81. The number of para-hydroxylation sites is 1. The van der Waals surface area contributed by atoms with Gasteiger partial charge in [-0.2, -0.15) is 0 Å². The van der Waals surface area contributed by atoms with E-state index in [0.29, 0.717) is 23.0 Å². The molecule has 0 bridgehead atoms. The maximum Gasteiger partial charge on any atom is 0.337 e. The van der Waals surface area contributed by atoms with Crippen molar-refractivity contribution in [1.82, 2.24) is 9.55 Å². The molecule has 1 saturated carbocycles. The number of benzene rings is 1. The smallest absolute Gasteiger partial charge is 0.337 e. The van der Waals surface area contributed by atoms with Crippen molar-refractivity contribution in [2.45, 2.75) is 45.1 Å². The van der Waals surface area contributed by atoms with Crippen molar-refractivity contribution >= 4 is 17.0 Å². The molecule has 0 aliphatic heterocycles. The minimum absolute atomic E-state index is 0.294. The van der Waals surface area contributed by atoms with Gasteiger partial charge in [0.1, 0.15) is 5.52 Å². The summed E-state index contributed by atoms with van der Waals surface area (Å²) in [5.74, 6) is -0.293. The molecule has 1 aliphatic rings. The van der Waals surface area contributed by atoms with Gasteiger partial charge in [0.05, 0.1) is 17.4 Å². The third kappa shape index (κ3) is 2.19. The lowest BCUT2D eigenvalue weighted by molar-refractivity contribution is 0.0699. The topological polar surface area (TPSA) is 55.1 Å². The van der Waals surface area contributed by atoms with Crippen LogP contribution in [0.25, 0.3) is 11.0 Å². The highest BCUT2D eigenvalue weighted by Gasteiger charge is 2.23. The van der Waals surface area contributed by atoms with E-state index in [-0.39, 0.29) is 0 Å². The van der Waals surface area contributed by atoms with Crippen molar-refractivity contribution in [2.24, 2.45) is 5.92 Å². The molecule has 0 radical (unpaired) electrons. The Bertz CT molecular complexity index is 632. The first-order valence-corrected chi connectivity index (χ1v) is 7.37. The summed E-state index contributed by atoms with van der Waals surface area (Å²) in [5, 5.41) is 9.25. The Morgan fingerprint density at radius 1 is 1.30 bits per heavy atom. The summed E-state index contributed by atoms with van der Waals surface area (Å²) in [6.07, 6.45) is 8.06. The first-order valence-electron chi connectivity index (χ1n) is 7.37. The molecule has 1 aliphatic carbocycles. The van der Waals surface area contributed by atoms with E-state index in [1.165, 1.54) is 25.7 Å². The van der Waals surface area contributed by atoms with Gasteiger partial charge in [0.2, 0.25) is 0 Å². The van der Waals surface area contributed by atoms with Gasteiger partial charge in [0.15, 0.2) is 0 Å². The predicted molar refractivity (Wildman–Crippen MR) is 78.0 cm³/mol. The zero-order chi connectivity index (χ0) is 14.1. The fourth-order valence-electron chi connectivity index (χ4n) is 3.38. The average Bonchev–Trinajstić information content (AvgIpc) is 2.74. The number of nitrogens with zero attached hydrogens (tertiary/aromatic N) is 2. The molecule has 0 saturated heterocycles. The quantitative estimate of drug-likeness (QED) is 0.844. The van der Waals surface area contributed by atoms with Crippen molar-refractivity contribution in [3.63, 3.8) is 0 Å². The summed E-state index contributed by atoms with van der Waals surface area (Å²) < 4.78 is 2.19. The molecule has 2 unspecified atom stereocenters. The third-order valence-electron chi connectivity index (χ3n) is 4.51. The molecule has 3 rings (SSSR count). The Morgan fingerprint density at radius 2 is 2.10 bits per heavy atom. The van der Waals surface area contributed by atoms with E-state index in [0.717, 1.165) is 11.9 Å². The molecule has 106 valence electrons. The van der Waals surface area contributed by atoms with Gasteiger partial charge in [0, 0.05) is 6.04 Å². The lowest BCUT2D eigenvalue weighted by atomic mass is 9.96. The Labute approximate surface area is 118 Å². The molecule has 4 nitrogen and oxygen atoms in total. The second kappa shape index (κ2) is 5.27. The first-order chi connectivity index (χ1) is 9.68. The normalized spacial score (nSPS) is 23.6. The molecule has 1 heterocycles. The van der Waals surface area contributed by atoms with Crippen LogP contribution in [-0.4, -0.2) is 20.6 Å². The van der Waals surface area contributed by atoms with Gasteiger partial charge in [0.25, 0.3) is 0 Å². The van der Waals surface area contributed by atoms with Gasteiger partial charge >= 0.3 is 5.97 Å². The summed E-state index contributed by atoms with van der Waals surface area (Å²) in [5.41, 5.74) is 1.85. The Balaban J connectivity index is 2.08. The van der Waals surface area contributed by atoms with Gasteiger partial charge < -0.3 is 9.67 Å². The van der Waals surface area contributed by atoms with Crippen molar-refractivity contribution in [3.05, 3.63) is 30.1 Å². The van der Waals surface area contributed by atoms with Gasteiger partial charge in [-0.3, -0.25) is 0 Å². The largest absolute Gasteiger partial charge is 0.478 e. The van der Waals surface area contributed by atoms with Crippen molar-refractivity contribution in [3.8, 4) is 0 Å². The number of imidazole rings is 1. The number of carboxylic acid groups (broad SMARTS) is 1. The predicted octanol–water partition coefficient (Wildman–Crippen LogP) is 3.88. The molecule has 1 aromatic carbocycles. The lowest BCUT2D eigenvalue weighted by Crippen LogP contribution is -2.15. The van der Waals surface area contributed by atoms with Gasteiger partial charge in [-0.25, -0.2) is 9.78 Å². The highest BCUT2D eigenvalue weighted by atomic mass is 16.4. The van der Waals surface area contributed by atoms with Crippen molar-refractivity contribution in [2.75, 3.05) is 0 Å². The summed E-state index contributed by atoms with van der Waals surface area (Å²) in [6.45, 7) is 2.29. The van der Waals surface area contributed by atoms with Gasteiger partial charge in [-0.1, -0.05) is 32.3 Å². The van der Waals surface area contributed by atoms with Crippen molar-refractivity contribution < 1.29 is 9.90 Å². The molecule has 0 amide bonds. The fourth-order valence-corrected chi connectivity index (χ4v) is 3.38. The van der Waals surface area contributed by atoms with E-state index in [1.807, 2.05) is 18.5 Å². The first kappa shape index (κ1) is 13.2. The molecule has 1 fully saturated rings. The summed E-state index contributed by atoms with van der Waals surface area (Å²) in [4.78, 5) is 15.6. The highest BCUT2D eigenvalue weighted by molar-refractivity contribution is 6.00. The molecule has 2 aromatic rings. The maximum atomic E-state index is 11.3. The lowest BCUT2D eigenvalue weighted by Gasteiger charge is -2.23. The SMILES string of the molecule is CC1CCCCCC1n1cnc2c(C(=O)O)cccc21. The molecule has 4 heteroatoms. The van der Waals surface area contributed by atoms with Crippen LogP contribution in [0.15, 0.2) is 24.5 Å². The van der Waals surface area contributed by atoms with Crippen LogP contribution >= 0.6 is 0 Å². The van der Waals surface area contributed by atoms with Crippen LogP contribution < -0.4 is 0 Å². The number of rotatable bonds is 2.